The van der Waals surface area contributed by atoms with Crippen molar-refractivity contribution in [2.75, 3.05) is 13.2 Å². The van der Waals surface area contributed by atoms with Crippen LogP contribution < -0.4 is 0 Å². The summed E-state index contributed by atoms with van der Waals surface area (Å²) in [6, 6.07) is 0. The number of hydrogen-bond donors (Lipinski definition) is 0. The van der Waals surface area contributed by atoms with Gasteiger partial charge in [-0.1, -0.05) is 225 Å². The van der Waals surface area contributed by atoms with E-state index in [1.54, 1.807) is 0 Å². The van der Waals surface area contributed by atoms with E-state index < -0.39 is 6.10 Å². The first-order chi connectivity index (χ1) is 31.5. The molecular weight excluding hydrogens is 793 g/mol. The molecule has 0 radical (unpaired) electrons. The van der Waals surface area contributed by atoms with Crippen molar-refractivity contribution >= 4 is 17.9 Å². The van der Waals surface area contributed by atoms with Crippen molar-refractivity contribution in [2.24, 2.45) is 0 Å². The first-order valence-corrected chi connectivity index (χ1v) is 25.3. The first-order valence-electron chi connectivity index (χ1n) is 25.3. The van der Waals surface area contributed by atoms with Crippen molar-refractivity contribution in [3.63, 3.8) is 0 Å². The molecule has 0 fully saturated rings. The average Bonchev–Trinajstić information content (AvgIpc) is 3.29. The fourth-order valence-electron chi connectivity index (χ4n) is 6.36. The van der Waals surface area contributed by atoms with Gasteiger partial charge in [0.2, 0.25) is 0 Å². The van der Waals surface area contributed by atoms with E-state index in [1.165, 1.54) is 44.9 Å². The van der Waals surface area contributed by atoms with Crippen LogP contribution in [0.3, 0.4) is 0 Å². The fraction of sp³-hybridized carbons (Fsp3) is 0.569. The molecule has 0 aromatic rings. The van der Waals surface area contributed by atoms with Gasteiger partial charge in [0.15, 0.2) is 6.10 Å². The lowest BCUT2D eigenvalue weighted by Gasteiger charge is -2.18. The molecule has 0 rings (SSSR count). The third-order valence-electron chi connectivity index (χ3n) is 10.1. The monoisotopic (exact) mass is 883 g/mol. The molecule has 0 N–H and O–H groups in total. The summed E-state index contributed by atoms with van der Waals surface area (Å²) >= 11 is 0. The van der Waals surface area contributed by atoms with E-state index in [4.69, 9.17) is 14.2 Å². The van der Waals surface area contributed by atoms with E-state index in [9.17, 15) is 14.4 Å². The largest absolute Gasteiger partial charge is 0.462 e. The Kier molecular flexibility index (Phi) is 47.6. The lowest BCUT2D eigenvalue weighted by atomic mass is 10.1. The van der Waals surface area contributed by atoms with Gasteiger partial charge < -0.3 is 14.2 Å². The van der Waals surface area contributed by atoms with Gasteiger partial charge >= 0.3 is 17.9 Å². The van der Waals surface area contributed by atoms with Crippen molar-refractivity contribution in [1.82, 2.24) is 0 Å². The van der Waals surface area contributed by atoms with E-state index >= 15 is 0 Å². The molecule has 0 bridgehead atoms. The molecule has 0 aliphatic heterocycles. The first kappa shape index (κ1) is 59.5. The van der Waals surface area contributed by atoms with E-state index in [-0.39, 0.29) is 37.5 Å². The number of rotatable bonds is 43. The minimum atomic E-state index is -0.818. The Hall–Kier alpha value is -4.45. The third-order valence-corrected chi connectivity index (χ3v) is 10.1. The lowest BCUT2D eigenvalue weighted by Crippen LogP contribution is -2.30. The number of allylic oxidation sites excluding steroid dienone is 22. The smallest absolute Gasteiger partial charge is 0.306 e. The molecule has 1 unspecified atom stereocenters. The van der Waals surface area contributed by atoms with Crippen LogP contribution in [0.25, 0.3) is 0 Å². The Balaban J connectivity index is 4.56. The Morgan fingerprint density at radius 2 is 0.625 bits per heavy atom. The lowest BCUT2D eigenvalue weighted by molar-refractivity contribution is -0.167. The van der Waals surface area contributed by atoms with Crippen molar-refractivity contribution < 1.29 is 28.6 Å². The molecule has 0 heterocycles. The summed E-state index contributed by atoms with van der Waals surface area (Å²) in [4.78, 5) is 38.0. The van der Waals surface area contributed by atoms with Gasteiger partial charge in [0.25, 0.3) is 0 Å². The Labute approximate surface area is 392 Å². The molecule has 0 saturated heterocycles. The van der Waals surface area contributed by atoms with Crippen LogP contribution in [-0.4, -0.2) is 37.2 Å². The van der Waals surface area contributed by atoms with Gasteiger partial charge in [-0.25, -0.2) is 0 Å². The minimum Gasteiger partial charge on any atom is -0.462 e. The Morgan fingerprint density at radius 1 is 0.328 bits per heavy atom. The highest BCUT2D eigenvalue weighted by Gasteiger charge is 2.19. The summed E-state index contributed by atoms with van der Waals surface area (Å²) < 4.78 is 16.7. The molecule has 0 spiro atoms. The highest BCUT2D eigenvalue weighted by molar-refractivity contribution is 5.71. The van der Waals surface area contributed by atoms with Crippen LogP contribution in [0.5, 0.6) is 0 Å². The van der Waals surface area contributed by atoms with Crippen LogP contribution in [0.2, 0.25) is 0 Å². The standard InChI is InChI=1S/C58H90O6/c1-4-7-10-13-16-19-22-25-27-28-29-30-31-34-36-39-42-45-48-51-57(60)63-54-55(53-62-56(59)50-47-44-41-38-35-32-24-21-18-15-12-9-6-3)64-58(61)52-49-46-43-40-37-33-26-23-20-17-14-11-8-5-2/h7,9-10,12-13,15-16,18-19,21-22,24-25,27-31,33-34,36-37,55H,4-6,8,11,14,17,20,23,26,32,35,38-54H2,1-3H3/b10-7-,12-9-,16-13-,18-15-,22-19-,24-21-,27-25-,29-28+,31-30-,36-34-,37-33-. The van der Waals surface area contributed by atoms with E-state index in [2.05, 4.69) is 75.5 Å². The molecule has 0 saturated carbocycles. The van der Waals surface area contributed by atoms with Crippen LogP contribution in [0.1, 0.15) is 194 Å². The predicted octanol–water partition coefficient (Wildman–Crippen LogP) is 16.7. The molecule has 1 atom stereocenters. The summed E-state index contributed by atoms with van der Waals surface area (Å²) in [7, 11) is 0. The number of hydrogen-bond acceptors (Lipinski definition) is 6. The van der Waals surface area contributed by atoms with Crippen molar-refractivity contribution in [1.29, 1.82) is 0 Å². The second kappa shape index (κ2) is 51.2. The number of unbranched alkanes of at least 4 members (excludes halogenated alkanes) is 18. The molecule has 0 aromatic carbocycles. The predicted molar refractivity (Wildman–Crippen MR) is 274 cm³/mol. The van der Waals surface area contributed by atoms with Gasteiger partial charge in [-0.05, 0) is 83.5 Å². The average molecular weight is 883 g/mol. The van der Waals surface area contributed by atoms with Gasteiger partial charge in [-0.3, -0.25) is 14.4 Å². The molecule has 6 nitrogen and oxygen atoms in total. The summed E-state index contributed by atoms with van der Waals surface area (Å²) in [5.74, 6) is -1.01. The van der Waals surface area contributed by atoms with Crippen LogP contribution in [0.15, 0.2) is 134 Å². The second-order valence-electron chi connectivity index (χ2n) is 16.2. The molecule has 0 aliphatic rings. The Morgan fingerprint density at radius 3 is 1.02 bits per heavy atom. The van der Waals surface area contributed by atoms with Gasteiger partial charge in [0.1, 0.15) is 13.2 Å². The number of esters is 3. The minimum absolute atomic E-state index is 0.115. The van der Waals surface area contributed by atoms with Crippen LogP contribution >= 0.6 is 0 Å². The molecule has 6 heteroatoms. The topological polar surface area (TPSA) is 78.9 Å². The van der Waals surface area contributed by atoms with E-state index in [1.807, 2.05) is 79.0 Å². The molecule has 358 valence electrons. The van der Waals surface area contributed by atoms with Crippen molar-refractivity contribution in [3.05, 3.63) is 134 Å². The summed E-state index contributed by atoms with van der Waals surface area (Å²) in [5.41, 5.74) is 0. The molecule has 0 aromatic heterocycles. The normalized spacial score (nSPS) is 13.2. The number of ether oxygens (including phenoxy) is 3. The maximum atomic E-state index is 12.8. The van der Waals surface area contributed by atoms with Crippen molar-refractivity contribution in [2.45, 2.75) is 200 Å². The maximum Gasteiger partial charge on any atom is 0.306 e. The zero-order valence-corrected chi connectivity index (χ0v) is 40.7. The van der Waals surface area contributed by atoms with Gasteiger partial charge in [0.05, 0.1) is 0 Å². The van der Waals surface area contributed by atoms with Crippen LogP contribution in [0, 0.1) is 0 Å². The van der Waals surface area contributed by atoms with E-state index in [0.29, 0.717) is 12.8 Å². The van der Waals surface area contributed by atoms with Crippen LogP contribution in [-0.2, 0) is 28.6 Å². The summed E-state index contributed by atoms with van der Waals surface area (Å²) in [6.45, 7) is 6.26. The Bertz CT molecular complexity index is 1430. The second-order valence-corrected chi connectivity index (χ2v) is 16.2. The zero-order valence-electron chi connectivity index (χ0n) is 40.7. The summed E-state index contributed by atoms with van der Waals surface area (Å²) in [5, 5.41) is 0. The molecule has 0 amide bonds. The zero-order chi connectivity index (χ0) is 46.5. The SMILES string of the molecule is CC\C=C/C=C\C=C/C=C\C=C\C=C/C=C\CCCCCC(=O)OCC(COC(=O)CCCCCCC\C=C/C=C\C=C/CC)OC(=O)CCCCC/C=C\CCCCCCCCC. The number of carbonyl (C=O) groups is 3. The maximum absolute atomic E-state index is 12.8. The molecule has 64 heavy (non-hydrogen) atoms. The molecular formula is C58H90O6. The van der Waals surface area contributed by atoms with Gasteiger partial charge in [-0.2, -0.15) is 0 Å². The van der Waals surface area contributed by atoms with Gasteiger partial charge in [0, 0.05) is 19.3 Å². The van der Waals surface area contributed by atoms with Crippen molar-refractivity contribution in [3.8, 4) is 0 Å². The van der Waals surface area contributed by atoms with Crippen LogP contribution in [0.4, 0.5) is 0 Å². The number of carbonyl (C=O) groups excluding carboxylic acids is 3. The summed E-state index contributed by atoms with van der Waals surface area (Å²) in [6.07, 6.45) is 71.4. The fourth-order valence-corrected chi connectivity index (χ4v) is 6.36. The third kappa shape index (κ3) is 48.6. The van der Waals surface area contributed by atoms with E-state index in [0.717, 1.165) is 109 Å². The van der Waals surface area contributed by atoms with Gasteiger partial charge in [-0.15, -0.1) is 0 Å². The highest BCUT2D eigenvalue weighted by Crippen LogP contribution is 2.13. The quantitative estimate of drug-likeness (QED) is 0.0200. The highest BCUT2D eigenvalue weighted by atomic mass is 16.6. The molecule has 0 aliphatic carbocycles.